The number of halogens is 2. The van der Waals surface area contributed by atoms with Gasteiger partial charge >= 0.3 is 0 Å². The van der Waals surface area contributed by atoms with Crippen molar-refractivity contribution >= 4 is 22.9 Å². The molecular weight excluding hydrogens is 506 g/mol. The van der Waals surface area contributed by atoms with E-state index >= 15 is 8.78 Å². The Kier molecular flexibility index (Phi) is 6.99. The van der Waals surface area contributed by atoms with E-state index in [2.05, 4.69) is 21.3 Å². The first-order valence-corrected chi connectivity index (χ1v) is 12.8. The van der Waals surface area contributed by atoms with E-state index in [1.165, 1.54) is 14.2 Å². The summed E-state index contributed by atoms with van der Waals surface area (Å²) in [5.41, 5.74) is 1.51. The van der Waals surface area contributed by atoms with E-state index in [0.717, 1.165) is 36.0 Å². The Labute approximate surface area is 225 Å². The number of pyridine rings is 1. The second-order valence-electron chi connectivity index (χ2n) is 10.2. The number of fused-ring (bicyclic) bond motifs is 2. The standard InChI is InChI=1S/C28H30F2N6O3/c1-16(32)19(13-33-18-4-8-35(15-18)9-7-31)21-10-20-17(12-34-21)14-36(27(37)28(20)5-6-28)26-24(29)22(38-2)11-23(39-3)25(26)30/h10-13,18,32-33H,4-6,8-9,14-15H2,1-3H3/b19-13+,32-16?. The maximum Gasteiger partial charge on any atom is 0.238 e. The van der Waals surface area contributed by atoms with Crippen LogP contribution in [0.25, 0.3) is 5.57 Å². The van der Waals surface area contributed by atoms with Crippen molar-refractivity contribution in [2.75, 3.05) is 38.8 Å². The third-order valence-electron chi connectivity index (χ3n) is 7.77. The van der Waals surface area contributed by atoms with Crippen molar-refractivity contribution in [1.82, 2.24) is 15.2 Å². The van der Waals surface area contributed by atoms with E-state index in [9.17, 15) is 4.79 Å². The quantitative estimate of drug-likeness (QED) is 0.392. The summed E-state index contributed by atoms with van der Waals surface area (Å²) in [6.45, 7) is 3.56. The van der Waals surface area contributed by atoms with Crippen molar-refractivity contribution in [3.8, 4) is 17.6 Å². The number of benzene rings is 1. The van der Waals surface area contributed by atoms with Crippen LogP contribution >= 0.6 is 0 Å². The third-order valence-corrected chi connectivity index (χ3v) is 7.77. The van der Waals surface area contributed by atoms with Crippen LogP contribution in [0.5, 0.6) is 11.5 Å². The summed E-state index contributed by atoms with van der Waals surface area (Å²) in [5, 5.41) is 20.6. The fourth-order valence-corrected chi connectivity index (χ4v) is 5.50. The molecule has 2 N–H and O–H groups in total. The summed E-state index contributed by atoms with van der Waals surface area (Å²) >= 11 is 0. The van der Waals surface area contributed by atoms with Crippen LogP contribution in [-0.2, 0) is 16.8 Å². The summed E-state index contributed by atoms with van der Waals surface area (Å²) in [7, 11) is 2.53. The Morgan fingerprint density at radius 3 is 2.56 bits per heavy atom. The van der Waals surface area contributed by atoms with E-state index < -0.39 is 22.7 Å². The van der Waals surface area contributed by atoms with Crippen LogP contribution in [-0.4, -0.2) is 61.4 Å². The minimum absolute atomic E-state index is 0.0645. The SMILES string of the molecule is COc1cc(OC)c(F)c(N2Cc3cnc(/C(=C/NC4CCN(CC#N)C4)C(C)=N)cc3C3(CC3)C2=O)c1F. The van der Waals surface area contributed by atoms with Crippen LogP contribution in [0.3, 0.4) is 0 Å². The predicted octanol–water partition coefficient (Wildman–Crippen LogP) is 3.52. The Balaban J connectivity index is 1.48. The van der Waals surface area contributed by atoms with Gasteiger partial charge in [0.2, 0.25) is 5.91 Å². The zero-order valence-electron chi connectivity index (χ0n) is 22.1. The zero-order valence-corrected chi connectivity index (χ0v) is 22.1. The number of nitriles is 1. The molecule has 204 valence electrons. The van der Waals surface area contributed by atoms with Gasteiger partial charge in [-0.2, -0.15) is 5.26 Å². The highest BCUT2D eigenvalue weighted by molar-refractivity contribution is 6.20. The molecule has 0 bridgehead atoms. The van der Waals surface area contributed by atoms with Crippen molar-refractivity contribution in [2.45, 2.75) is 44.2 Å². The molecule has 1 aromatic heterocycles. The molecule has 11 heteroatoms. The summed E-state index contributed by atoms with van der Waals surface area (Å²) < 4.78 is 40.8. The van der Waals surface area contributed by atoms with Crippen LogP contribution < -0.4 is 19.7 Å². The van der Waals surface area contributed by atoms with Gasteiger partial charge in [-0.3, -0.25) is 14.7 Å². The Hall–Kier alpha value is -4.04. The molecule has 2 aliphatic heterocycles. The summed E-state index contributed by atoms with van der Waals surface area (Å²) in [6, 6.07) is 5.27. The number of aromatic nitrogens is 1. The van der Waals surface area contributed by atoms with Crippen LogP contribution in [0.4, 0.5) is 14.5 Å². The second-order valence-corrected chi connectivity index (χ2v) is 10.2. The first-order valence-electron chi connectivity index (χ1n) is 12.8. The van der Waals surface area contributed by atoms with Gasteiger partial charge in [-0.05, 0) is 43.4 Å². The molecule has 1 aromatic carbocycles. The Morgan fingerprint density at radius 2 is 1.97 bits per heavy atom. The zero-order chi connectivity index (χ0) is 27.9. The number of hydrogen-bond acceptors (Lipinski definition) is 8. The molecule has 1 amide bonds. The second kappa shape index (κ2) is 10.3. The van der Waals surface area contributed by atoms with Crippen molar-refractivity contribution in [3.05, 3.63) is 53.0 Å². The number of carbonyl (C=O) groups is 1. The molecule has 2 aromatic rings. The van der Waals surface area contributed by atoms with Gasteiger partial charge < -0.3 is 25.1 Å². The smallest absolute Gasteiger partial charge is 0.238 e. The number of methoxy groups -OCH3 is 2. The van der Waals surface area contributed by atoms with Gasteiger partial charge in [-0.15, -0.1) is 0 Å². The lowest BCUT2D eigenvalue weighted by atomic mass is 9.85. The molecule has 1 atom stereocenters. The normalized spacial score (nSPS) is 20.0. The molecular formula is C28H30F2N6O3. The summed E-state index contributed by atoms with van der Waals surface area (Å²) in [4.78, 5) is 21.5. The number of allylic oxidation sites excluding steroid dienone is 1. The number of hydrogen-bond donors (Lipinski definition) is 2. The lowest BCUT2D eigenvalue weighted by Gasteiger charge is -2.35. The molecule has 3 aliphatic rings. The van der Waals surface area contributed by atoms with Gasteiger partial charge in [0, 0.05) is 48.9 Å². The number of carbonyl (C=O) groups excluding carboxylic acids is 1. The molecule has 1 aliphatic carbocycles. The predicted molar refractivity (Wildman–Crippen MR) is 141 cm³/mol. The van der Waals surface area contributed by atoms with Gasteiger partial charge in [0.15, 0.2) is 23.1 Å². The van der Waals surface area contributed by atoms with E-state index in [1.54, 1.807) is 19.3 Å². The number of likely N-dealkylation sites (tertiary alicyclic amines) is 1. The van der Waals surface area contributed by atoms with Gasteiger partial charge in [0.1, 0.15) is 5.69 Å². The van der Waals surface area contributed by atoms with Gasteiger partial charge in [0.25, 0.3) is 0 Å². The highest BCUT2D eigenvalue weighted by Crippen LogP contribution is 2.55. The monoisotopic (exact) mass is 536 g/mol. The maximum atomic E-state index is 15.3. The lowest BCUT2D eigenvalue weighted by Crippen LogP contribution is -2.45. The van der Waals surface area contributed by atoms with Crippen molar-refractivity contribution in [3.63, 3.8) is 0 Å². The van der Waals surface area contributed by atoms with Crippen LogP contribution in [0.1, 0.15) is 43.0 Å². The molecule has 1 spiro atoms. The first-order chi connectivity index (χ1) is 18.7. The minimum atomic E-state index is -0.969. The van der Waals surface area contributed by atoms with E-state index in [0.29, 0.717) is 41.9 Å². The van der Waals surface area contributed by atoms with Gasteiger partial charge in [-0.1, -0.05) is 0 Å². The molecule has 9 nitrogen and oxygen atoms in total. The number of amides is 1. The van der Waals surface area contributed by atoms with Gasteiger partial charge in [-0.25, -0.2) is 8.78 Å². The van der Waals surface area contributed by atoms with E-state index in [4.69, 9.17) is 20.1 Å². The number of nitrogens with zero attached hydrogens (tertiary/aromatic N) is 4. The maximum absolute atomic E-state index is 15.3. The number of rotatable bonds is 8. The number of anilines is 1. The molecule has 3 heterocycles. The van der Waals surface area contributed by atoms with E-state index in [-0.39, 0.29) is 30.0 Å². The van der Waals surface area contributed by atoms with E-state index in [1.807, 2.05) is 6.07 Å². The van der Waals surface area contributed by atoms with Crippen LogP contribution in [0.2, 0.25) is 0 Å². The topological polar surface area (TPSA) is 115 Å². The fraction of sp³-hybridized carbons (Fsp3) is 0.429. The highest BCUT2D eigenvalue weighted by Gasteiger charge is 2.57. The molecule has 1 unspecified atom stereocenters. The molecule has 1 saturated heterocycles. The summed E-state index contributed by atoms with van der Waals surface area (Å²) in [5.74, 6) is -2.77. The van der Waals surface area contributed by atoms with Crippen molar-refractivity contribution < 1.29 is 23.0 Å². The van der Waals surface area contributed by atoms with Gasteiger partial charge in [0.05, 0.1) is 44.5 Å². The Morgan fingerprint density at radius 1 is 1.28 bits per heavy atom. The van der Waals surface area contributed by atoms with Crippen LogP contribution in [0.15, 0.2) is 24.5 Å². The largest absolute Gasteiger partial charge is 0.493 e. The van der Waals surface area contributed by atoms with Crippen LogP contribution in [0, 0.1) is 28.4 Å². The summed E-state index contributed by atoms with van der Waals surface area (Å²) in [6.07, 6.45) is 5.37. The average Bonchev–Trinajstić information content (AvgIpc) is 3.60. The fourth-order valence-electron chi connectivity index (χ4n) is 5.50. The first kappa shape index (κ1) is 26.6. The molecule has 0 radical (unpaired) electrons. The van der Waals surface area contributed by atoms with Crippen molar-refractivity contribution in [2.24, 2.45) is 0 Å². The lowest BCUT2D eigenvalue weighted by molar-refractivity contribution is -0.121. The Bertz CT molecular complexity index is 1390. The molecule has 5 rings (SSSR count). The minimum Gasteiger partial charge on any atom is -0.493 e. The third kappa shape index (κ3) is 4.59. The highest BCUT2D eigenvalue weighted by atomic mass is 19.1. The molecule has 39 heavy (non-hydrogen) atoms. The number of ether oxygens (including phenoxy) is 2. The molecule has 1 saturated carbocycles. The molecule has 2 fully saturated rings. The number of nitrogens with one attached hydrogen (secondary N) is 2. The average molecular weight is 537 g/mol. The van der Waals surface area contributed by atoms with Crippen molar-refractivity contribution in [1.29, 1.82) is 10.7 Å².